The van der Waals surface area contributed by atoms with Gasteiger partial charge in [0.15, 0.2) is 0 Å². The first-order valence-corrected chi connectivity index (χ1v) is 4.96. The average molecular weight is 236 g/mol. The summed E-state index contributed by atoms with van der Waals surface area (Å²) in [5.41, 5.74) is 1.45. The lowest BCUT2D eigenvalue weighted by Crippen LogP contribution is -1.95. The summed E-state index contributed by atoms with van der Waals surface area (Å²) in [7, 11) is 0. The van der Waals surface area contributed by atoms with E-state index in [0.29, 0.717) is 5.56 Å². The van der Waals surface area contributed by atoms with E-state index < -0.39 is 11.1 Å². The molecule has 1 aromatic heterocycles. The Morgan fingerprint density at radius 2 is 2.12 bits per heavy atom. The van der Waals surface area contributed by atoms with E-state index in [1.165, 1.54) is 12.1 Å². The molecule has 0 spiro atoms. The van der Waals surface area contributed by atoms with Crippen LogP contribution < -0.4 is 0 Å². The summed E-state index contributed by atoms with van der Waals surface area (Å²) < 4.78 is 13.0. The molecule has 1 aromatic carbocycles. The predicted octanol–water partition coefficient (Wildman–Crippen LogP) is 3.27. The number of pyridine rings is 1. The molecular weight excluding hydrogens is 229 g/mol. The third kappa shape index (κ3) is 2.09. The van der Waals surface area contributed by atoms with Crippen molar-refractivity contribution in [2.45, 2.75) is 0 Å². The van der Waals surface area contributed by atoms with E-state index in [9.17, 15) is 9.18 Å². The smallest absolute Gasteiger partial charge is 0.253 e. The van der Waals surface area contributed by atoms with Crippen molar-refractivity contribution >= 4 is 16.8 Å². The van der Waals surface area contributed by atoms with E-state index in [2.05, 4.69) is 4.98 Å². The molecule has 16 heavy (non-hydrogen) atoms. The number of nitrogens with zero attached hydrogens (tertiary/aromatic N) is 1. The molecule has 0 bridgehead atoms. The highest BCUT2D eigenvalue weighted by molar-refractivity contribution is 6.68. The lowest BCUT2D eigenvalue weighted by Gasteiger charge is -2.05. The van der Waals surface area contributed by atoms with Crippen molar-refractivity contribution in [1.29, 1.82) is 0 Å². The van der Waals surface area contributed by atoms with Gasteiger partial charge in [-0.15, -0.1) is 0 Å². The maximum Gasteiger partial charge on any atom is 0.253 e. The summed E-state index contributed by atoms with van der Waals surface area (Å²) in [6, 6.07) is 7.44. The number of halogens is 2. The number of carbonyl (C=O) groups is 1. The summed E-state index contributed by atoms with van der Waals surface area (Å²) in [5, 5.41) is -0.682. The Morgan fingerprint density at radius 3 is 2.75 bits per heavy atom. The van der Waals surface area contributed by atoms with Crippen LogP contribution >= 0.6 is 11.6 Å². The van der Waals surface area contributed by atoms with E-state index >= 15 is 0 Å². The van der Waals surface area contributed by atoms with E-state index in [4.69, 9.17) is 11.6 Å². The molecule has 2 nitrogen and oxygen atoms in total. The second-order valence-corrected chi connectivity index (χ2v) is 3.55. The molecule has 80 valence electrons. The Morgan fingerprint density at radius 1 is 1.31 bits per heavy atom. The van der Waals surface area contributed by atoms with Gasteiger partial charge in [0.2, 0.25) is 0 Å². The molecule has 0 atom stereocenters. The van der Waals surface area contributed by atoms with Crippen molar-refractivity contribution in [3.05, 3.63) is 54.1 Å². The standard InChI is InChI=1S/C12H7ClFNO/c13-12(16)11-6-9(14)3-4-10(11)8-2-1-5-15-7-8/h1-7H. The minimum Gasteiger partial charge on any atom is -0.276 e. The largest absolute Gasteiger partial charge is 0.276 e. The van der Waals surface area contributed by atoms with Crippen LogP contribution in [0.25, 0.3) is 11.1 Å². The molecule has 4 heteroatoms. The van der Waals surface area contributed by atoms with E-state index in [1.807, 2.05) is 0 Å². The molecule has 0 radical (unpaired) electrons. The summed E-state index contributed by atoms with van der Waals surface area (Å²) in [4.78, 5) is 15.1. The lowest BCUT2D eigenvalue weighted by molar-refractivity contribution is 0.108. The summed E-state index contributed by atoms with van der Waals surface area (Å²) >= 11 is 5.40. The fraction of sp³-hybridized carbons (Fsp3) is 0. The van der Waals surface area contributed by atoms with Crippen LogP contribution in [0.4, 0.5) is 4.39 Å². The number of hydrogen-bond acceptors (Lipinski definition) is 2. The first-order valence-electron chi connectivity index (χ1n) is 4.58. The zero-order chi connectivity index (χ0) is 11.5. The van der Waals surface area contributed by atoms with Gasteiger partial charge in [-0.25, -0.2) is 4.39 Å². The monoisotopic (exact) mass is 235 g/mol. The van der Waals surface area contributed by atoms with Crippen molar-refractivity contribution in [1.82, 2.24) is 4.98 Å². The molecule has 0 N–H and O–H groups in total. The fourth-order valence-electron chi connectivity index (χ4n) is 1.45. The SMILES string of the molecule is O=C(Cl)c1cc(F)ccc1-c1cccnc1. The van der Waals surface area contributed by atoms with Gasteiger partial charge in [-0.1, -0.05) is 12.1 Å². The maximum absolute atomic E-state index is 13.0. The Hall–Kier alpha value is -1.74. The van der Waals surface area contributed by atoms with Gasteiger partial charge in [0.1, 0.15) is 5.82 Å². The molecule has 2 aromatic rings. The molecule has 0 saturated heterocycles. The Kier molecular flexibility index (Phi) is 2.97. The first kappa shape index (κ1) is 10.8. The van der Waals surface area contributed by atoms with Gasteiger partial charge in [0.05, 0.1) is 0 Å². The highest BCUT2D eigenvalue weighted by Crippen LogP contribution is 2.24. The zero-order valence-corrected chi connectivity index (χ0v) is 8.91. The Balaban J connectivity index is 2.61. The van der Waals surface area contributed by atoms with Crippen LogP contribution in [-0.4, -0.2) is 10.2 Å². The van der Waals surface area contributed by atoms with Crippen molar-refractivity contribution in [3.8, 4) is 11.1 Å². The normalized spacial score (nSPS) is 10.1. The van der Waals surface area contributed by atoms with Gasteiger partial charge in [0, 0.05) is 23.5 Å². The van der Waals surface area contributed by atoms with Crippen LogP contribution in [0.5, 0.6) is 0 Å². The van der Waals surface area contributed by atoms with Gasteiger partial charge in [-0.05, 0) is 35.4 Å². The van der Waals surface area contributed by atoms with E-state index in [1.54, 1.807) is 24.5 Å². The van der Waals surface area contributed by atoms with Crippen LogP contribution in [-0.2, 0) is 0 Å². The molecule has 1 heterocycles. The van der Waals surface area contributed by atoms with Gasteiger partial charge < -0.3 is 0 Å². The van der Waals surface area contributed by atoms with Crippen molar-refractivity contribution in [2.75, 3.05) is 0 Å². The van der Waals surface area contributed by atoms with Gasteiger partial charge in [0.25, 0.3) is 5.24 Å². The third-order valence-electron chi connectivity index (χ3n) is 2.17. The molecule has 0 fully saturated rings. The third-order valence-corrected chi connectivity index (χ3v) is 2.37. The summed E-state index contributed by atoms with van der Waals surface area (Å²) in [6.07, 6.45) is 3.21. The van der Waals surface area contributed by atoms with Crippen molar-refractivity contribution < 1.29 is 9.18 Å². The first-order chi connectivity index (χ1) is 7.68. The van der Waals surface area contributed by atoms with Crippen LogP contribution in [0.2, 0.25) is 0 Å². The van der Waals surface area contributed by atoms with Crippen LogP contribution in [0.1, 0.15) is 10.4 Å². The second-order valence-electron chi connectivity index (χ2n) is 3.21. The molecule has 0 amide bonds. The van der Waals surface area contributed by atoms with Gasteiger partial charge >= 0.3 is 0 Å². The summed E-state index contributed by atoms with van der Waals surface area (Å²) in [5.74, 6) is -0.489. The molecule has 2 rings (SSSR count). The quantitative estimate of drug-likeness (QED) is 0.748. The average Bonchev–Trinajstić information content (AvgIpc) is 2.30. The Labute approximate surface area is 96.7 Å². The number of benzene rings is 1. The topological polar surface area (TPSA) is 30.0 Å². The maximum atomic E-state index is 13.0. The number of carbonyl (C=O) groups excluding carboxylic acids is 1. The van der Waals surface area contributed by atoms with Crippen LogP contribution in [0.15, 0.2) is 42.7 Å². The van der Waals surface area contributed by atoms with Crippen molar-refractivity contribution in [3.63, 3.8) is 0 Å². The lowest BCUT2D eigenvalue weighted by atomic mass is 10.0. The van der Waals surface area contributed by atoms with Crippen LogP contribution in [0.3, 0.4) is 0 Å². The number of aromatic nitrogens is 1. The fourth-order valence-corrected chi connectivity index (χ4v) is 1.61. The molecule has 0 unspecified atom stereocenters. The van der Waals surface area contributed by atoms with E-state index in [0.717, 1.165) is 11.6 Å². The minimum atomic E-state index is -0.682. The molecule has 0 aliphatic rings. The minimum absolute atomic E-state index is 0.148. The summed E-state index contributed by atoms with van der Waals surface area (Å²) in [6.45, 7) is 0. The molecule has 0 aliphatic carbocycles. The van der Waals surface area contributed by atoms with Crippen LogP contribution in [0, 0.1) is 5.82 Å². The van der Waals surface area contributed by atoms with E-state index in [-0.39, 0.29) is 5.56 Å². The molecule has 0 aliphatic heterocycles. The number of hydrogen-bond donors (Lipinski definition) is 0. The van der Waals surface area contributed by atoms with Gasteiger partial charge in [-0.2, -0.15) is 0 Å². The Bertz CT molecular complexity index is 528. The highest BCUT2D eigenvalue weighted by Gasteiger charge is 2.11. The van der Waals surface area contributed by atoms with Gasteiger partial charge in [-0.3, -0.25) is 9.78 Å². The second kappa shape index (κ2) is 4.41. The highest BCUT2D eigenvalue weighted by atomic mass is 35.5. The molecule has 0 saturated carbocycles. The number of rotatable bonds is 2. The van der Waals surface area contributed by atoms with Crippen molar-refractivity contribution in [2.24, 2.45) is 0 Å². The predicted molar refractivity (Wildman–Crippen MR) is 59.8 cm³/mol. The zero-order valence-electron chi connectivity index (χ0n) is 8.15. The molecular formula is C12H7ClFNO.